The first-order chi connectivity index (χ1) is 8.66. The smallest absolute Gasteiger partial charge is 0.164 e. The molecule has 0 spiro atoms. The van der Waals surface area contributed by atoms with E-state index in [1.807, 2.05) is 23.7 Å². The SMILES string of the molecule is Cc1ccc(-n2nc(C)c3c(Cl)ccnc32)cc1. The molecule has 0 radical (unpaired) electrons. The molecule has 3 rings (SSSR count). The van der Waals surface area contributed by atoms with Crippen molar-refractivity contribution in [1.29, 1.82) is 0 Å². The molecule has 2 aromatic heterocycles. The first kappa shape index (κ1) is 11.2. The van der Waals surface area contributed by atoms with Crippen molar-refractivity contribution in [3.05, 3.63) is 52.8 Å². The lowest BCUT2D eigenvalue weighted by Gasteiger charge is -2.03. The van der Waals surface area contributed by atoms with Gasteiger partial charge in [-0.2, -0.15) is 5.10 Å². The van der Waals surface area contributed by atoms with Crippen LogP contribution in [-0.2, 0) is 0 Å². The van der Waals surface area contributed by atoms with Crippen LogP contribution in [-0.4, -0.2) is 14.8 Å². The van der Waals surface area contributed by atoms with Crippen LogP contribution in [0, 0.1) is 13.8 Å². The lowest BCUT2D eigenvalue weighted by Crippen LogP contribution is -1.97. The first-order valence-corrected chi connectivity index (χ1v) is 6.11. The van der Waals surface area contributed by atoms with Crippen LogP contribution in [0.2, 0.25) is 5.02 Å². The van der Waals surface area contributed by atoms with Crippen LogP contribution in [0.15, 0.2) is 36.5 Å². The standard InChI is InChI=1S/C14H12ClN3/c1-9-3-5-11(6-4-9)18-14-13(10(2)17-18)12(15)7-8-16-14/h3-8H,1-2H3. The maximum Gasteiger partial charge on any atom is 0.164 e. The van der Waals surface area contributed by atoms with E-state index in [1.54, 1.807) is 12.3 Å². The van der Waals surface area contributed by atoms with E-state index >= 15 is 0 Å². The van der Waals surface area contributed by atoms with E-state index in [9.17, 15) is 0 Å². The summed E-state index contributed by atoms with van der Waals surface area (Å²) in [6.07, 6.45) is 1.70. The maximum atomic E-state index is 6.20. The summed E-state index contributed by atoms with van der Waals surface area (Å²) in [6.45, 7) is 4.01. The molecule has 3 nitrogen and oxygen atoms in total. The predicted octanol–water partition coefficient (Wildman–Crippen LogP) is 3.69. The maximum absolute atomic E-state index is 6.20. The number of fused-ring (bicyclic) bond motifs is 1. The van der Waals surface area contributed by atoms with Crippen molar-refractivity contribution in [1.82, 2.24) is 14.8 Å². The summed E-state index contributed by atoms with van der Waals surface area (Å²) in [5, 5.41) is 6.13. The Morgan fingerprint density at radius 1 is 1.06 bits per heavy atom. The molecule has 90 valence electrons. The fraction of sp³-hybridized carbons (Fsp3) is 0.143. The van der Waals surface area contributed by atoms with Crippen molar-refractivity contribution in [2.75, 3.05) is 0 Å². The minimum Gasteiger partial charge on any atom is -0.236 e. The van der Waals surface area contributed by atoms with E-state index in [-0.39, 0.29) is 0 Å². The largest absolute Gasteiger partial charge is 0.236 e. The summed E-state index contributed by atoms with van der Waals surface area (Å²) < 4.78 is 1.83. The summed E-state index contributed by atoms with van der Waals surface area (Å²) in [4.78, 5) is 4.38. The number of halogens is 1. The van der Waals surface area contributed by atoms with E-state index < -0.39 is 0 Å². The monoisotopic (exact) mass is 257 g/mol. The molecule has 1 aromatic carbocycles. The van der Waals surface area contributed by atoms with Gasteiger partial charge in [-0.05, 0) is 32.0 Å². The van der Waals surface area contributed by atoms with Gasteiger partial charge in [-0.15, -0.1) is 0 Å². The predicted molar refractivity (Wildman–Crippen MR) is 73.3 cm³/mol. The minimum absolute atomic E-state index is 0.691. The molecule has 0 saturated carbocycles. The molecule has 0 unspecified atom stereocenters. The third-order valence-electron chi connectivity index (χ3n) is 2.97. The second kappa shape index (κ2) is 4.10. The molecule has 18 heavy (non-hydrogen) atoms. The molecular formula is C14H12ClN3. The molecule has 0 aliphatic heterocycles. The minimum atomic E-state index is 0.691. The molecule has 2 heterocycles. The first-order valence-electron chi connectivity index (χ1n) is 5.73. The number of nitrogens with zero attached hydrogens (tertiary/aromatic N) is 3. The van der Waals surface area contributed by atoms with Gasteiger partial charge in [0.2, 0.25) is 0 Å². The van der Waals surface area contributed by atoms with Gasteiger partial charge in [0, 0.05) is 6.20 Å². The lowest BCUT2D eigenvalue weighted by molar-refractivity contribution is 0.877. The third kappa shape index (κ3) is 1.68. The van der Waals surface area contributed by atoms with E-state index in [0.29, 0.717) is 5.02 Å². The summed E-state index contributed by atoms with van der Waals surface area (Å²) in [5.41, 5.74) is 3.90. The number of pyridine rings is 1. The number of hydrogen-bond donors (Lipinski definition) is 0. The highest BCUT2D eigenvalue weighted by molar-refractivity contribution is 6.35. The Bertz CT molecular complexity index is 714. The Balaban J connectivity index is 2.30. The number of benzene rings is 1. The molecule has 0 atom stereocenters. The summed E-state index contributed by atoms with van der Waals surface area (Å²) >= 11 is 6.20. The Morgan fingerprint density at radius 2 is 1.78 bits per heavy atom. The topological polar surface area (TPSA) is 30.7 Å². The van der Waals surface area contributed by atoms with E-state index in [4.69, 9.17) is 11.6 Å². The molecular weight excluding hydrogens is 246 g/mol. The van der Waals surface area contributed by atoms with E-state index in [0.717, 1.165) is 22.4 Å². The Kier molecular flexibility index (Phi) is 2.56. The highest BCUT2D eigenvalue weighted by Gasteiger charge is 2.12. The molecule has 0 saturated heterocycles. The Labute approximate surface area is 110 Å². The highest BCUT2D eigenvalue weighted by Crippen LogP contribution is 2.26. The van der Waals surface area contributed by atoms with Crippen molar-refractivity contribution in [2.45, 2.75) is 13.8 Å². The van der Waals surface area contributed by atoms with E-state index in [1.165, 1.54) is 5.56 Å². The zero-order valence-electron chi connectivity index (χ0n) is 10.2. The summed E-state index contributed by atoms with van der Waals surface area (Å²) in [7, 11) is 0. The fourth-order valence-corrected chi connectivity index (χ4v) is 2.31. The van der Waals surface area contributed by atoms with Gasteiger partial charge in [0.1, 0.15) is 0 Å². The van der Waals surface area contributed by atoms with Gasteiger partial charge in [0.05, 0.1) is 21.8 Å². The zero-order chi connectivity index (χ0) is 12.7. The van der Waals surface area contributed by atoms with Gasteiger partial charge in [-0.25, -0.2) is 9.67 Å². The van der Waals surface area contributed by atoms with Gasteiger partial charge in [-0.1, -0.05) is 29.3 Å². The average Bonchev–Trinajstić information content (AvgIpc) is 2.69. The molecule has 0 aliphatic carbocycles. The molecule has 0 aliphatic rings. The Hall–Kier alpha value is -1.87. The average molecular weight is 258 g/mol. The second-order valence-electron chi connectivity index (χ2n) is 4.32. The van der Waals surface area contributed by atoms with Crippen LogP contribution in [0.4, 0.5) is 0 Å². The van der Waals surface area contributed by atoms with Gasteiger partial charge in [0.15, 0.2) is 5.65 Å². The van der Waals surface area contributed by atoms with Crippen LogP contribution in [0.5, 0.6) is 0 Å². The number of hydrogen-bond acceptors (Lipinski definition) is 2. The summed E-state index contributed by atoms with van der Waals surface area (Å²) in [5.74, 6) is 0. The van der Waals surface area contributed by atoms with Crippen LogP contribution < -0.4 is 0 Å². The van der Waals surface area contributed by atoms with Crippen molar-refractivity contribution in [2.24, 2.45) is 0 Å². The molecule has 0 fully saturated rings. The van der Waals surface area contributed by atoms with Crippen molar-refractivity contribution in [3.8, 4) is 5.69 Å². The fourth-order valence-electron chi connectivity index (χ4n) is 2.04. The van der Waals surface area contributed by atoms with E-state index in [2.05, 4.69) is 29.1 Å². The van der Waals surface area contributed by atoms with Crippen LogP contribution in [0.3, 0.4) is 0 Å². The van der Waals surface area contributed by atoms with Gasteiger partial charge < -0.3 is 0 Å². The zero-order valence-corrected chi connectivity index (χ0v) is 10.9. The highest BCUT2D eigenvalue weighted by atomic mass is 35.5. The van der Waals surface area contributed by atoms with Crippen molar-refractivity contribution in [3.63, 3.8) is 0 Å². The van der Waals surface area contributed by atoms with Crippen molar-refractivity contribution >= 4 is 22.6 Å². The molecule has 4 heteroatoms. The normalized spacial score (nSPS) is 11.1. The molecule has 0 amide bonds. The van der Waals surface area contributed by atoms with Crippen LogP contribution in [0.1, 0.15) is 11.3 Å². The van der Waals surface area contributed by atoms with Crippen molar-refractivity contribution < 1.29 is 0 Å². The molecule has 0 N–H and O–H groups in total. The number of aromatic nitrogens is 3. The van der Waals surface area contributed by atoms with Crippen LogP contribution >= 0.6 is 11.6 Å². The molecule has 3 aromatic rings. The molecule has 0 bridgehead atoms. The van der Waals surface area contributed by atoms with Crippen LogP contribution in [0.25, 0.3) is 16.7 Å². The van der Waals surface area contributed by atoms with Gasteiger partial charge in [-0.3, -0.25) is 0 Å². The second-order valence-corrected chi connectivity index (χ2v) is 4.73. The Morgan fingerprint density at radius 3 is 2.50 bits per heavy atom. The quantitative estimate of drug-likeness (QED) is 0.666. The lowest BCUT2D eigenvalue weighted by atomic mass is 10.2. The summed E-state index contributed by atoms with van der Waals surface area (Å²) in [6, 6.07) is 9.97. The van der Waals surface area contributed by atoms with Gasteiger partial charge in [0.25, 0.3) is 0 Å². The van der Waals surface area contributed by atoms with Gasteiger partial charge >= 0.3 is 0 Å². The third-order valence-corrected chi connectivity index (χ3v) is 3.29. The number of rotatable bonds is 1. The number of aryl methyl sites for hydroxylation is 2.